The monoisotopic (exact) mass is 501 g/mol. The van der Waals surface area contributed by atoms with Gasteiger partial charge in [-0.1, -0.05) is 98.8 Å². The fourth-order valence-electron chi connectivity index (χ4n) is 6.56. The third-order valence-corrected chi connectivity index (χ3v) is 8.44. The van der Waals surface area contributed by atoms with Crippen LogP contribution in [0, 0.1) is 0 Å². The Bertz CT molecular complexity index is 2050. The van der Waals surface area contributed by atoms with Gasteiger partial charge in [-0.15, -0.1) is 0 Å². The average Bonchev–Trinajstić information content (AvgIpc) is 3.47. The zero-order chi connectivity index (χ0) is 26.1. The third kappa shape index (κ3) is 3.15. The highest BCUT2D eigenvalue weighted by atomic mass is 16.3. The van der Waals surface area contributed by atoms with Crippen molar-refractivity contribution in [3.8, 4) is 11.1 Å². The molecule has 2 heteroatoms. The second kappa shape index (κ2) is 8.09. The number of furan rings is 1. The van der Waals surface area contributed by atoms with Crippen molar-refractivity contribution < 1.29 is 4.42 Å². The lowest BCUT2D eigenvalue weighted by Crippen LogP contribution is -2.16. The molecule has 0 atom stereocenters. The smallest absolute Gasteiger partial charge is 0.143 e. The lowest BCUT2D eigenvalue weighted by atomic mass is 9.82. The van der Waals surface area contributed by atoms with Crippen LogP contribution >= 0.6 is 0 Å². The van der Waals surface area contributed by atoms with Crippen LogP contribution in [0.1, 0.15) is 25.0 Å². The van der Waals surface area contributed by atoms with Crippen LogP contribution in [0.25, 0.3) is 43.8 Å². The van der Waals surface area contributed by atoms with Crippen LogP contribution < -0.4 is 4.90 Å². The van der Waals surface area contributed by atoms with Crippen LogP contribution in [-0.2, 0) is 5.41 Å². The highest BCUT2D eigenvalue weighted by molar-refractivity contribution is 6.15. The molecule has 0 unspecified atom stereocenters. The van der Waals surface area contributed by atoms with E-state index in [1.165, 1.54) is 33.3 Å². The number of fused-ring (bicyclic) bond motifs is 8. The highest BCUT2D eigenvalue weighted by Crippen LogP contribution is 2.54. The lowest BCUT2D eigenvalue weighted by molar-refractivity contribution is 0.660. The summed E-state index contributed by atoms with van der Waals surface area (Å²) < 4.78 is 6.44. The van der Waals surface area contributed by atoms with E-state index in [0.717, 1.165) is 38.7 Å². The first-order valence-corrected chi connectivity index (χ1v) is 13.5. The Morgan fingerprint density at radius 2 is 1.31 bits per heavy atom. The summed E-state index contributed by atoms with van der Waals surface area (Å²) in [6.45, 7) is 4.67. The molecule has 1 aliphatic rings. The minimum absolute atomic E-state index is 0.0614. The summed E-state index contributed by atoms with van der Waals surface area (Å²) in [5, 5.41) is 4.59. The summed E-state index contributed by atoms with van der Waals surface area (Å²) in [6, 6.07) is 45.7. The zero-order valence-electron chi connectivity index (χ0n) is 22.0. The zero-order valence-corrected chi connectivity index (χ0v) is 22.0. The van der Waals surface area contributed by atoms with Gasteiger partial charge in [0.05, 0.1) is 5.69 Å². The van der Waals surface area contributed by atoms with E-state index in [1.807, 2.05) is 12.1 Å². The average molecular weight is 502 g/mol. The number of nitrogens with zero attached hydrogens (tertiary/aromatic N) is 1. The molecule has 186 valence electrons. The van der Waals surface area contributed by atoms with Crippen molar-refractivity contribution in [3.63, 3.8) is 0 Å². The van der Waals surface area contributed by atoms with Gasteiger partial charge in [-0.2, -0.15) is 0 Å². The third-order valence-electron chi connectivity index (χ3n) is 8.44. The van der Waals surface area contributed by atoms with Gasteiger partial charge in [-0.25, -0.2) is 0 Å². The highest BCUT2D eigenvalue weighted by Gasteiger charge is 2.37. The molecule has 0 saturated heterocycles. The first-order valence-electron chi connectivity index (χ1n) is 13.5. The van der Waals surface area contributed by atoms with Gasteiger partial charge >= 0.3 is 0 Å². The first-order chi connectivity index (χ1) is 19.1. The van der Waals surface area contributed by atoms with Crippen molar-refractivity contribution in [1.29, 1.82) is 0 Å². The van der Waals surface area contributed by atoms with Crippen LogP contribution in [-0.4, -0.2) is 0 Å². The summed E-state index contributed by atoms with van der Waals surface area (Å²) >= 11 is 0. The molecule has 7 aromatic rings. The molecule has 0 bridgehead atoms. The number of para-hydroxylation sites is 2. The number of benzene rings is 6. The van der Waals surface area contributed by atoms with Crippen molar-refractivity contribution in [2.24, 2.45) is 0 Å². The molecular weight excluding hydrogens is 474 g/mol. The molecule has 8 rings (SSSR count). The van der Waals surface area contributed by atoms with Crippen LogP contribution in [0.3, 0.4) is 0 Å². The SMILES string of the molecule is CC1(C)c2ccccc2-c2c(N(c3ccccc3)c3ccc4ccc5c6ccccc6oc5c4c3)cccc21. The summed E-state index contributed by atoms with van der Waals surface area (Å²) in [6.07, 6.45) is 0. The fourth-order valence-corrected chi connectivity index (χ4v) is 6.56. The van der Waals surface area contributed by atoms with E-state index < -0.39 is 0 Å². The Balaban J connectivity index is 1.42. The normalized spacial score (nSPS) is 13.6. The second-order valence-electron chi connectivity index (χ2n) is 11.0. The number of anilines is 3. The topological polar surface area (TPSA) is 16.4 Å². The molecule has 39 heavy (non-hydrogen) atoms. The van der Waals surface area contributed by atoms with E-state index in [4.69, 9.17) is 4.42 Å². The van der Waals surface area contributed by atoms with Crippen LogP contribution in [0.4, 0.5) is 17.1 Å². The number of hydrogen-bond donors (Lipinski definition) is 0. The molecular formula is C37H27NO. The van der Waals surface area contributed by atoms with E-state index in [-0.39, 0.29) is 5.41 Å². The van der Waals surface area contributed by atoms with Gasteiger partial charge in [-0.3, -0.25) is 0 Å². The molecule has 0 radical (unpaired) electrons. The Labute approximate surface area is 227 Å². The largest absolute Gasteiger partial charge is 0.455 e. The van der Waals surface area contributed by atoms with Crippen LogP contribution in [0.5, 0.6) is 0 Å². The number of hydrogen-bond acceptors (Lipinski definition) is 2. The molecule has 2 nitrogen and oxygen atoms in total. The molecule has 1 aliphatic carbocycles. The van der Waals surface area contributed by atoms with Gasteiger partial charge in [0.1, 0.15) is 11.2 Å². The molecule has 0 aliphatic heterocycles. The van der Waals surface area contributed by atoms with Crippen LogP contribution in [0.2, 0.25) is 0 Å². The molecule has 0 fully saturated rings. The van der Waals surface area contributed by atoms with Gasteiger partial charge < -0.3 is 9.32 Å². The van der Waals surface area contributed by atoms with E-state index >= 15 is 0 Å². The lowest BCUT2D eigenvalue weighted by Gasteiger charge is -2.29. The maximum atomic E-state index is 6.44. The quantitative estimate of drug-likeness (QED) is 0.239. The minimum Gasteiger partial charge on any atom is -0.455 e. The molecule has 0 saturated carbocycles. The van der Waals surface area contributed by atoms with Crippen molar-refractivity contribution in [1.82, 2.24) is 0 Å². The van der Waals surface area contributed by atoms with Gasteiger partial charge in [0.25, 0.3) is 0 Å². The van der Waals surface area contributed by atoms with Crippen molar-refractivity contribution in [3.05, 3.63) is 139 Å². The molecule has 0 spiro atoms. The Morgan fingerprint density at radius 3 is 2.21 bits per heavy atom. The maximum Gasteiger partial charge on any atom is 0.143 e. The summed E-state index contributed by atoms with van der Waals surface area (Å²) in [7, 11) is 0. The fraction of sp³-hybridized carbons (Fsp3) is 0.0811. The Hall–Kier alpha value is -4.82. The minimum atomic E-state index is -0.0614. The van der Waals surface area contributed by atoms with Gasteiger partial charge in [-0.05, 0) is 64.5 Å². The molecule has 6 aromatic carbocycles. The van der Waals surface area contributed by atoms with E-state index in [0.29, 0.717) is 0 Å². The summed E-state index contributed by atoms with van der Waals surface area (Å²) in [4.78, 5) is 2.40. The van der Waals surface area contributed by atoms with Crippen molar-refractivity contribution in [2.75, 3.05) is 4.90 Å². The maximum absolute atomic E-state index is 6.44. The second-order valence-corrected chi connectivity index (χ2v) is 11.0. The number of rotatable bonds is 3. The predicted octanol–water partition coefficient (Wildman–Crippen LogP) is 10.5. The standard InChI is InChI=1S/C37H27NO/c1-37(2)31-15-8-6-14-29(31)35-32(37)16-10-17-33(35)38(25-11-4-3-5-12-25)26-21-19-24-20-22-28-27-13-7-9-18-34(27)39-36(28)30(24)23-26/h3-23H,1-2H3. The molecule has 1 aromatic heterocycles. The Morgan fingerprint density at radius 1 is 0.564 bits per heavy atom. The molecule has 0 N–H and O–H groups in total. The van der Waals surface area contributed by atoms with Crippen molar-refractivity contribution in [2.45, 2.75) is 19.3 Å². The summed E-state index contributed by atoms with van der Waals surface area (Å²) in [5.41, 5.74) is 10.6. The Kier molecular flexibility index (Phi) is 4.60. The van der Waals surface area contributed by atoms with Gasteiger partial charge in [0.15, 0.2) is 0 Å². The van der Waals surface area contributed by atoms with E-state index in [1.54, 1.807) is 0 Å². The first kappa shape index (κ1) is 22.2. The van der Waals surface area contributed by atoms with E-state index in [2.05, 4.69) is 134 Å². The van der Waals surface area contributed by atoms with Gasteiger partial charge in [0.2, 0.25) is 0 Å². The van der Waals surface area contributed by atoms with Crippen molar-refractivity contribution >= 4 is 49.8 Å². The molecule has 0 amide bonds. The summed E-state index contributed by atoms with van der Waals surface area (Å²) in [5.74, 6) is 0. The van der Waals surface area contributed by atoms with Crippen LogP contribution in [0.15, 0.2) is 132 Å². The molecule has 1 heterocycles. The van der Waals surface area contributed by atoms with Gasteiger partial charge in [0, 0.05) is 38.5 Å². The van der Waals surface area contributed by atoms with E-state index in [9.17, 15) is 0 Å². The predicted molar refractivity (Wildman–Crippen MR) is 163 cm³/mol.